The van der Waals surface area contributed by atoms with E-state index in [4.69, 9.17) is 0 Å². The molecule has 0 heterocycles. The summed E-state index contributed by atoms with van der Waals surface area (Å²) >= 11 is 0. The monoisotopic (exact) mass is 302 g/mol. The third-order valence-corrected chi connectivity index (χ3v) is 4.95. The summed E-state index contributed by atoms with van der Waals surface area (Å²) in [6.07, 6.45) is 0.714. The average Bonchev–Trinajstić information content (AvgIpc) is 2.23. The predicted molar refractivity (Wildman–Crippen MR) is 78.8 cm³/mol. The number of sulfonamides is 1. The summed E-state index contributed by atoms with van der Waals surface area (Å²) in [5.74, 6) is -0.417. The van der Waals surface area contributed by atoms with Gasteiger partial charge in [-0.05, 0) is 71.1 Å². The highest BCUT2D eigenvalue weighted by atomic mass is 32.2. The number of hydrogen-bond acceptors (Lipinski definition) is 3. The molecule has 1 aromatic rings. The molecule has 20 heavy (non-hydrogen) atoms. The van der Waals surface area contributed by atoms with Crippen molar-refractivity contribution in [3.63, 3.8) is 0 Å². The van der Waals surface area contributed by atoms with Crippen molar-refractivity contribution < 1.29 is 12.8 Å². The minimum atomic E-state index is -3.62. The van der Waals surface area contributed by atoms with Gasteiger partial charge in [0.25, 0.3) is 0 Å². The first-order valence-electron chi connectivity index (χ1n) is 6.57. The second-order valence-corrected chi connectivity index (χ2v) is 7.13. The van der Waals surface area contributed by atoms with Gasteiger partial charge < -0.3 is 4.90 Å². The van der Waals surface area contributed by atoms with Gasteiger partial charge in [0.15, 0.2) is 0 Å². The van der Waals surface area contributed by atoms with E-state index in [2.05, 4.69) is 4.72 Å². The number of aryl methyl sites for hydroxylation is 2. The lowest BCUT2D eigenvalue weighted by atomic mass is 10.1. The summed E-state index contributed by atoms with van der Waals surface area (Å²) in [6, 6.07) is 2.31. The highest BCUT2D eigenvalue weighted by Crippen LogP contribution is 2.21. The molecule has 0 aromatic heterocycles. The molecule has 0 aliphatic rings. The molecule has 0 amide bonds. The molecule has 0 fully saturated rings. The lowest BCUT2D eigenvalue weighted by molar-refractivity contribution is 0.379. The Bertz CT molecular complexity index is 548. The van der Waals surface area contributed by atoms with Crippen molar-refractivity contribution in [2.75, 3.05) is 20.6 Å². The molecular weight excluding hydrogens is 279 g/mol. The summed E-state index contributed by atoms with van der Waals surface area (Å²) in [4.78, 5) is 2.18. The van der Waals surface area contributed by atoms with Gasteiger partial charge in [-0.25, -0.2) is 17.5 Å². The Morgan fingerprint density at radius 3 is 2.20 bits per heavy atom. The van der Waals surface area contributed by atoms with Gasteiger partial charge in [-0.1, -0.05) is 0 Å². The van der Waals surface area contributed by atoms with Crippen molar-refractivity contribution in [3.05, 3.63) is 29.1 Å². The fourth-order valence-corrected chi connectivity index (χ4v) is 3.89. The van der Waals surface area contributed by atoms with Gasteiger partial charge >= 0.3 is 0 Å². The standard InChI is InChI=1S/C14H23FN2O2S/c1-10-8-13(15)9-11(2)14(10)20(18,19)16-12(3)6-7-17(4)5/h8-9,12,16H,6-7H2,1-5H3. The van der Waals surface area contributed by atoms with Crippen molar-refractivity contribution >= 4 is 10.0 Å². The van der Waals surface area contributed by atoms with E-state index in [0.29, 0.717) is 17.5 Å². The van der Waals surface area contributed by atoms with Gasteiger partial charge in [-0.15, -0.1) is 0 Å². The van der Waals surface area contributed by atoms with Gasteiger partial charge in [-0.3, -0.25) is 0 Å². The maximum atomic E-state index is 13.2. The third kappa shape index (κ3) is 4.54. The maximum absolute atomic E-state index is 13.2. The molecule has 6 heteroatoms. The van der Waals surface area contributed by atoms with E-state index in [1.165, 1.54) is 12.1 Å². The Kier molecular flexibility index (Phi) is 5.68. The van der Waals surface area contributed by atoms with E-state index in [-0.39, 0.29) is 10.9 Å². The Balaban J connectivity index is 2.95. The third-order valence-electron chi connectivity index (χ3n) is 3.06. The summed E-state index contributed by atoms with van der Waals surface area (Å²) in [6.45, 7) is 5.84. The Morgan fingerprint density at radius 2 is 1.75 bits per heavy atom. The number of halogens is 1. The minimum Gasteiger partial charge on any atom is -0.309 e. The predicted octanol–water partition coefficient (Wildman–Crippen LogP) is 2.06. The maximum Gasteiger partial charge on any atom is 0.241 e. The Morgan fingerprint density at radius 1 is 1.25 bits per heavy atom. The molecule has 0 bridgehead atoms. The topological polar surface area (TPSA) is 49.4 Å². The lowest BCUT2D eigenvalue weighted by Crippen LogP contribution is -2.35. The van der Waals surface area contributed by atoms with Crippen LogP contribution >= 0.6 is 0 Å². The average molecular weight is 302 g/mol. The van der Waals surface area contributed by atoms with Crippen molar-refractivity contribution in [2.45, 2.75) is 38.1 Å². The highest BCUT2D eigenvalue weighted by Gasteiger charge is 2.22. The second kappa shape index (κ2) is 6.65. The molecule has 0 spiro atoms. The van der Waals surface area contributed by atoms with Crippen molar-refractivity contribution in [1.82, 2.24) is 9.62 Å². The smallest absolute Gasteiger partial charge is 0.241 e. The highest BCUT2D eigenvalue weighted by molar-refractivity contribution is 7.89. The zero-order valence-corrected chi connectivity index (χ0v) is 13.5. The number of nitrogens with one attached hydrogen (secondary N) is 1. The van der Waals surface area contributed by atoms with E-state index >= 15 is 0 Å². The van der Waals surface area contributed by atoms with Crippen LogP contribution in [0.5, 0.6) is 0 Å². The summed E-state index contributed by atoms with van der Waals surface area (Å²) in [7, 11) is 0.259. The van der Waals surface area contributed by atoms with Gasteiger partial charge in [-0.2, -0.15) is 0 Å². The van der Waals surface area contributed by atoms with Crippen LogP contribution in [-0.2, 0) is 10.0 Å². The molecule has 1 N–H and O–H groups in total. The van der Waals surface area contributed by atoms with E-state index in [9.17, 15) is 12.8 Å². The first-order chi connectivity index (χ1) is 9.13. The number of hydrogen-bond donors (Lipinski definition) is 1. The minimum absolute atomic E-state index is 0.175. The van der Waals surface area contributed by atoms with Crippen LogP contribution in [0.25, 0.3) is 0 Å². The first kappa shape index (κ1) is 17.1. The molecule has 0 aliphatic carbocycles. The van der Waals surface area contributed by atoms with Crippen molar-refractivity contribution in [3.8, 4) is 0 Å². The quantitative estimate of drug-likeness (QED) is 0.875. The molecular formula is C14H23FN2O2S. The summed E-state index contributed by atoms with van der Waals surface area (Å²) < 4.78 is 40.7. The molecule has 1 rings (SSSR count). The van der Waals surface area contributed by atoms with Crippen LogP contribution in [0.1, 0.15) is 24.5 Å². The Hall–Kier alpha value is -0.980. The molecule has 0 aliphatic heterocycles. The number of benzene rings is 1. The van der Waals surface area contributed by atoms with Crippen LogP contribution in [0.15, 0.2) is 17.0 Å². The van der Waals surface area contributed by atoms with E-state index < -0.39 is 15.8 Å². The van der Waals surface area contributed by atoms with Gasteiger partial charge in [0, 0.05) is 6.04 Å². The summed E-state index contributed by atoms with van der Waals surface area (Å²) in [5.41, 5.74) is 0.851. The molecule has 0 saturated heterocycles. The molecule has 1 atom stereocenters. The fraction of sp³-hybridized carbons (Fsp3) is 0.571. The first-order valence-corrected chi connectivity index (χ1v) is 8.05. The largest absolute Gasteiger partial charge is 0.309 e. The van der Waals surface area contributed by atoms with Gasteiger partial charge in [0.05, 0.1) is 4.90 Å². The normalized spacial score (nSPS) is 13.8. The van der Waals surface area contributed by atoms with Gasteiger partial charge in [0.2, 0.25) is 10.0 Å². The summed E-state index contributed by atoms with van der Waals surface area (Å²) in [5, 5.41) is 0. The van der Waals surface area contributed by atoms with Crippen molar-refractivity contribution in [1.29, 1.82) is 0 Å². The second-order valence-electron chi connectivity index (χ2n) is 5.48. The molecule has 1 unspecified atom stereocenters. The van der Waals surface area contributed by atoms with E-state index in [1.54, 1.807) is 13.8 Å². The SMILES string of the molecule is Cc1cc(F)cc(C)c1S(=O)(=O)NC(C)CCN(C)C. The zero-order valence-electron chi connectivity index (χ0n) is 12.7. The van der Waals surface area contributed by atoms with Crippen LogP contribution in [0.3, 0.4) is 0 Å². The van der Waals surface area contributed by atoms with Crippen LogP contribution in [-0.4, -0.2) is 40.0 Å². The van der Waals surface area contributed by atoms with Crippen LogP contribution in [0.4, 0.5) is 4.39 Å². The number of rotatable bonds is 6. The zero-order chi connectivity index (χ0) is 15.5. The molecule has 0 radical (unpaired) electrons. The van der Waals surface area contributed by atoms with Gasteiger partial charge in [0.1, 0.15) is 5.82 Å². The fourth-order valence-electron chi connectivity index (χ4n) is 2.16. The Labute approximate surface area is 121 Å². The number of nitrogens with zero attached hydrogens (tertiary/aromatic N) is 1. The van der Waals surface area contributed by atoms with E-state index in [1.807, 2.05) is 25.9 Å². The van der Waals surface area contributed by atoms with Crippen LogP contribution < -0.4 is 4.72 Å². The molecule has 4 nitrogen and oxygen atoms in total. The molecule has 1 aromatic carbocycles. The lowest BCUT2D eigenvalue weighted by Gasteiger charge is -2.18. The van der Waals surface area contributed by atoms with Crippen LogP contribution in [0, 0.1) is 19.7 Å². The van der Waals surface area contributed by atoms with E-state index in [0.717, 1.165) is 6.54 Å². The molecule has 114 valence electrons. The van der Waals surface area contributed by atoms with Crippen LogP contribution in [0.2, 0.25) is 0 Å². The molecule has 0 saturated carbocycles. The van der Waals surface area contributed by atoms with Crippen molar-refractivity contribution in [2.24, 2.45) is 0 Å².